The lowest BCUT2D eigenvalue weighted by Crippen LogP contribution is -2.26. The summed E-state index contributed by atoms with van der Waals surface area (Å²) in [4.78, 5) is 11.1. The molecule has 21 heavy (non-hydrogen) atoms. The van der Waals surface area contributed by atoms with Gasteiger partial charge in [0.2, 0.25) is 10.0 Å². The molecule has 9 heteroatoms. The maximum atomic E-state index is 12.2. The summed E-state index contributed by atoms with van der Waals surface area (Å²) < 4.78 is 32.6. The second-order valence-corrected chi connectivity index (χ2v) is 7.59. The minimum absolute atomic E-state index is 0.0122. The molecule has 0 radical (unpaired) electrons. The normalized spacial score (nSPS) is 11.4. The Labute approximate surface area is 140 Å². The number of sulfonamides is 1. The highest BCUT2D eigenvalue weighted by atomic mass is 79.9. The summed E-state index contributed by atoms with van der Waals surface area (Å²) in [6, 6.07) is 3.11. The summed E-state index contributed by atoms with van der Waals surface area (Å²) >= 11 is 6.41. The Bertz CT molecular complexity index is 597. The van der Waals surface area contributed by atoms with Gasteiger partial charge in [0.25, 0.3) is 0 Å². The van der Waals surface area contributed by atoms with Crippen molar-refractivity contribution in [3.63, 3.8) is 0 Å². The van der Waals surface area contributed by atoms with E-state index in [9.17, 15) is 13.2 Å². The zero-order valence-corrected chi connectivity index (χ0v) is 15.3. The Hall–Kier alpha value is -0.640. The molecule has 1 aromatic carbocycles. The number of nitrogens with two attached hydrogens (primary N) is 1. The van der Waals surface area contributed by atoms with Crippen molar-refractivity contribution in [2.45, 2.75) is 24.7 Å². The van der Waals surface area contributed by atoms with Crippen molar-refractivity contribution < 1.29 is 17.9 Å². The first kappa shape index (κ1) is 18.4. The van der Waals surface area contributed by atoms with Crippen LogP contribution in [0.4, 0.5) is 5.69 Å². The van der Waals surface area contributed by atoms with Gasteiger partial charge in [-0.3, -0.25) is 4.79 Å². The van der Waals surface area contributed by atoms with Gasteiger partial charge in [0, 0.05) is 21.9 Å². The SMILES string of the molecule is CCOC(=O)CCCNS(=O)(=O)c1c(N)cc(Br)cc1Br. The second kappa shape index (κ2) is 8.11. The van der Waals surface area contributed by atoms with Crippen LogP contribution in [0, 0.1) is 0 Å². The first-order valence-corrected chi connectivity index (χ1v) is 9.24. The Morgan fingerprint density at radius 2 is 2.05 bits per heavy atom. The van der Waals surface area contributed by atoms with Gasteiger partial charge in [-0.1, -0.05) is 15.9 Å². The van der Waals surface area contributed by atoms with Crippen LogP contribution in [0.1, 0.15) is 19.8 Å². The summed E-state index contributed by atoms with van der Waals surface area (Å²) in [5, 5.41) is 0. The van der Waals surface area contributed by atoms with Crippen LogP contribution in [0.25, 0.3) is 0 Å². The molecule has 0 aliphatic carbocycles. The van der Waals surface area contributed by atoms with E-state index in [2.05, 4.69) is 36.6 Å². The quantitative estimate of drug-likeness (QED) is 0.383. The summed E-state index contributed by atoms with van der Waals surface area (Å²) in [6.07, 6.45) is 0.513. The van der Waals surface area contributed by atoms with Crippen LogP contribution >= 0.6 is 31.9 Å². The minimum atomic E-state index is -3.74. The number of anilines is 1. The third-order valence-corrected chi connectivity index (χ3v) is 5.38. The number of benzene rings is 1. The number of nitrogens with one attached hydrogen (secondary N) is 1. The Morgan fingerprint density at radius 3 is 2.62 bits per heavy atom. The van der Waals surface area contributed by atoms with Crippen LogP contribution in [0.3, 0.4) is 0 Å². The molecule has 6 nitrogen and oxygen atoms in total. The number of ether oxygens (including phenoxy) is 1. The van der Waals surface area contributed by atoms with Crippen molar-refractivity contribution in [2.24, 2.45) is 0 Å². The monoisotopic (exact) mass is 442 g/mol. The van der Waals surface area contributed by atoms with Crippen LogP contribution in [-0.2, 0) is 19.6 Å². The van der Waals surface area contributed by atoms with Crippen molar-refractivity contribution in [3.8, 4) is 0 Å². The molecule has 0 aliphatic rings. The number of rotatable bonds is 7. The standard InChI is InChI=1S/C12H16Br2N2O4S/c1-2-20-11(17)4-3-5-16-21(18,19)12-9(14)6-8(13)7-10(12)15/h6-7,16H,2-5,15H2,1H3. The first-order valence-electron chi connectivity index (χ1n) is 6.17. The molecule has 1 aromatic rings. The van der Waals surface area contributed by atoms with E-state index < -0.39 is 10.0 Å². The number of halogens is 2. The second-order valence-electron chi connectivity index (χ2n) is 4.11. The van der Waals surface area contributed by atoms with Gasteiger partial charge in [-0.05, 0) is 41.4 Å². The number of esters is 1. The molecule has 0 spiro atoms. The molecule has 0 heterocycles. The fraction of sp³-hybridized carbons (Fsp3) is 0.417. The fourth-order valence-corrected chi connectivity index (χ4v) is 4.75. The lowest BCUT2D eigenvalue weighted by molar-refractivity contribution is -0.143. The predicted molar refractivity (Wildman–Crippen MR) is 87.3 cm³/mol. The van der Waals surface area contributed by atoms with Crippen molar-refractivity contribution in [2.75, 3.05) is 18.9 Å². The van der Waals surface area contributed by atoms with Crippen molar-refractivity contribution in [3.05, 3.63) is 21.1 Å². The Kier molecular flexibility index (Phi) is 7.11. The predicted octanol–water partition coefficient (Wildman–Crippen LogP) is 2.42. The number of carbonyl (C=O) groups excluding carboxylic acids is 1. The van der Waals surface area contributed by atoms with Crippen LogP contribution in [0.2, 0.25) is 0 Å². The molecule has 0 aliphatic heterocycles. The molecule has 0 bridgehead atoms. The van der Waals surface area contributed by atoms with E-state index in [0.717, 1.165) is 0 Å². The van der Waals surface area contributed by atoms with Gasteiger partial charge in [0.1, 0.15) is 4.90 Å². The van der Waals surface area contributed by atoms with Gasteiger partial charge >= 0.3 is 5.97 Å². The number of carbonyl (C=O) groups is 1. The molecular weight excluding hydrogens is 428 g/mol. The lowest BCUT2D eigenvalue weighted by atomic mass is 10.3. The highest BCUT2D eigenvalue weighted by Gasteiger charge is 2.21. The molecule has 3 N–H and O–H groups in total. The zero-order valence-electron chi connectivity index (χ0n) is 11.4. The zero-order chi connectivity index (χ0) is 16.0. The molecule has 0 amide bonds. The maximum Gasteiger partial charge on any atom is 0.305 e. The van der Waals surface area contributed by atoms with E-state index in [4.69, 9.17) is 10.5 Å². The highest BCUT2D eigenvalue weighted by molar-refractivity contribution is 9.11. The average Bonchev–Trinajstić information content (AvgIpc) is 2.33. The summed E-state index contributed by atoms with van der Waals surface area (Å²) in [7, 11) is -3.74. The average molecular weight is 444 g/mol. The summed E-state index contributed by atoms with van der Waals surface area (Å²) in [5.41, 5.74) is 5.88. The molecule has 0 aromatic heterocycles. The summed E-state index contributed by atoms with van der Waals surface area (Å²) in [6.45, 7) is 2.16. The molecule has 0 fully saturated rings. The maximum absolute atomic E-state index is 12.2. The van der Waals surface area contributed by atoms with Crippen LogP contribution in [0.5, 0.6) is 0 Å². The van der Waals surface area contributed by atoms with Gasteiger partial charge in [-0.2, -0.15) is 0 Å². The molecule has 0 atom stereocenters. The molecule has 0 saturated heterocycles. The Balaban J connectivity index is 2.69. The molecular formula is C12H16Br2N2O4S. The van der Waals surface area contributed by atoms with E-state index in [-0.39, 0.29) is 29.5 Å². The Morgan fingerprint density at radius 1 is 1.38 bits per heavy atom. The van der Waals surface area contributed by atoms with Gasteiger partial charge < -0.3 is 10.5 Å². The first-order chi connectivity index (χ1) is 9.77. The minimum Gasteiger partial charge on any atom is -0.466 e. The highest BCUT2D eigenvalue weighted by Crippen LogP contribution is 2.31. The van der Waals surface area contributed by atoms with E-state index >= 15 is 0 Å². The van der Waals surface area contributed by atoms with Gasteiger partial charge in [-0.25, -0.2) is 13.1 Å². The number of nitrogen functional groups attached to an aromatic ring is 1. The third-order valence-electron chi connectivity index (χ3n) is 2.46. The largest absolute Gasteiger partial charge is 0.466 e. The third kappa shape index (κ3) is 5.57. The van der Waals surface area contributed by atoms with Crippen molar-refractivity contribution >= 4 is 53.5 Å². The van der Waals surface area contributed by atoms with Gasteiger partial charge in [0.05, 0.1) is 12.3 Å². The smallest absolute Gasteiger partial charge is 0.305 e. The van der Waals surface area contributed by atoms with E-state index in [1.165, 1.54) is 6.07 Å². The molecule has 0 saturated carbocycles. The van der Waals surface area contributed by atoms with Crippen LogP contribution in [0.15, 0.2) is 26.0 Å². The van der Waals surface area contributed by atoms with E-state index in [1.807, 2.05) is 0 Å². The van der Waals surface area contributed by atoms with Crippen molar-refractivity contribution in [1.82, 2.24) is 4.72 Å². The molecule has 118 valence electrons. The number of hydrogen-bond donors (Lipinski definition) is 2. The molecule has 0 unspecified atom stereocenters. The van der Waals surface area contributed by atoms with E-state index in [0.29, 0.717) is 22.0 Å². The van der Waals surface area contributed by atoms with Gasteiger partial charge in [0.15, 0.2) is 0 Å². The summed E-state index contributed by atoms with van der Waals surface area (Å²) in [5.74, 6) is -0.346. The van der Waals surface area contributed by atoms with E-state index in [1.54, 1.807) is 13.0 Å². The number of hydrogen-bond acceptors (Lipinski definition) is 5. The lowest BCUT2D eigenvalue weighted by Gasteiger charge is -2.11. The van der Waals surface area contributed by atoms with Crippen LogP contribution < -0.4 is 10.5 Å². The van der Waals surface area contributed by atoms with Crippen LogP contribution in [-0.4, -0.2) is 27.5 Å². The topological polar surface area (TPSA) is 98.5 Å². The molecule has 1 rings (SSSR count). The van der Waals surface area contributed by atoms with Gasteiger partial charge in [-0.15, -0.1) is 0 Å². The van der Waals surface area contributed by atoms with Crippen molar-refractivity contribution in [1.29, 1.82) is 0 Å². The fourth-order valence-electron chi connectivity index (χ4n) is 1.61.